The summed E-state index contributed by atoms with van der Waals surface area (Å²) in [5.41, 5.74) is 6.99. The Bertz CT molecular complexity index is 520. The van der Waals surface area contributed by atoms with Gasteiger partial charge in [0.15, 0.2) is 0 Å². The lowest BCUT2D eigenvalue weighted by Gasteiger charge is -2.07. The first-order valence-corrected chi connectivity index (χ1v) is 5.58. The van der Waals surface area contributed by atoms with Crippen LogP contribution in [-0.4, -0.2) is 4.98 Å². The second-order valence-electron chi connectivity index (χ2n) is 3.19. The normalized spacial score (nSPS) is 10.4. The molecule has 0 amide bonds. The van der Waals surface area contributed by atoms with Crippen LogP contribution in [-0.2, 0) is 0 Å². The van der Waals surface area contributed by atoms with E-state index in [-0.39, 0.29) is 5.82 Å². The van der Waals surface area contributed by atoms with Crippen LogP contribution in [0.25, 0.3) is 11.1 Å². The first-order chi connectivity index (χ1) is 7.59. The number of nitrogens with zero attached hydrogens (tertiary/aromatic N) is 1. The number of nitrogens with two attached hydrogens (primary N) is 1. The number of rotatable bonds is 1. The maximum absolute atomic E-state index is 6.07. The fourth-order valence-electron chi connectivity index (χ4n) is 1.36. The molecular formula is C11H7Cl3N2. The third kappa shape index (κ3) is 2.09. The van der Waals surface area contributed by atoms with Crippen LogP contribution in [0.3, 0.4) is 0 Å². The minimum absolute atomic E-state index is 0.286. The molecule has 2 rings (SSSR count). The molecule has 1 heterocycles. The minimum atomic E-state index is 0.286. The predicted octanol–water partition coefficient (Wildman–Crippen LogP) is 4.29. The highest BCUT2D eigenvalue weighted by molar-refractivity contribution is 6.39. The van der Waals surface area contributed by atoms with E-state index in [1.165, 1.54) is 0 Å². The molecule has 0 spiro atoms. The van der Waals surface area contributed by atoms with Crippen molar-refractivity contribution in [3.8, 4) is 11.1 Å². The quantitative estimate of drug-likeness (QED) is 0.842. The number of aromatic nitrogens is 1. The molecule has 0 unspecified atom stereocenters. The number of pyridine rings is 1. The predicted molar refractivity (Wildman–Crippen MR) is 69.1 cm³/mol. The van der Waals surface area contributed by atoms with Crippen molar-refractivity contribution in [1.82, 2.24) is 4.98 Å². The summed E-state index contributed by atoms with van der Waals surface area (Å²) in [6.07, 6.45) is 1.59. The summed E-state index contributed by atoms with van der Waals surface area (Å²) in [7, 11) is 0. The average Bonchev–Trinajstić information content (AvgIpc) is 2.23. The SMILES string of the molecule is Nc1ncc(-c2c(Cl)cccc2Cl)cc1Cl. The molecule has 2 nitrogen and oxygen atoms in total. The van der Waals surface area contributed by atoms with Gasteiger partial charge in [-0.25, -0.2) is 4.98 Å². The molecule has 0 saturated carbocycles. The maximum atomic E-state index is 6.07. The van der Waals surface area contributed by atoms with Crippen LogP contribution in [0.5, 0.6) is 0 Å². The van der Waals surface area contributed by atoms with Gasteiger partial charge in [0.05, 0.1) is 5.02 Å². The van der Waals surface area contributed by atoms with Crippen molar-refractivity contribution in [3.05, 3.63) is 45.5 Å². The molecular weight excluding hydrogens is 266 g/mol. The van der Waals surface area contributed by atoms with Gasteiger partial charge >= 0.3 is 0 Å². The summed E-state index contributed by atoms with van der Waals surface area (Å²) in [4.78, 5) is 3.97. The molecule has 82 valence electrons. The molecule has 2 N–H and O–H groups in total. The van der Waals surface area contributed by atoms with Gasteiger partial charge in [0.25, 0.3) is 0 Å². The highest BCUT2D eigenvalue weighted by atomic mass is 35.5. The summed E-state index contributed by atoms with van der Waals surface area (Å²) in [5.74, 6) is 0.286. The topological polar surface area (TPSA) is 38.9 Å². The maximum Gasteiger partial charge on any atom is 0.142 e. The molecule has 0 aliphatic rings. The Hall–Kier alpha value is -0.960. The number of anilines is 1. The Balaban J connectivity index is 2.63. The van der Waals surface area contributed by atoms with E-state index in [1.54, 1.807) is 30.5 Å². The summed E-state index contributed by atoms with van der Waals surface area (Å²) < 4.78 is 0. The molecule has 0 radical (unpaired) electrons. The van der Waals surface area contributed by atoms with Crippen LogP contribution in [0.1, 0.15) is 0 Å². The Morgan fingerprint density at radius 1 is 1.00 bits per heavy atom. The van der Waals surface area contributed by atoms with E-state index < -0.39 is 0 Å². The second kappa shape index (κ2) is 4.50. The fraction of sp³-hybridized carbons (Fsp3) is 0. The molecule has 0 aliphatic carbocycles. The molecule has 0 fully saturated rings. The summed E-state index contributed by atoms with van der Waals surface area (Å²) in [6.45, 7) is 0. The highest BCUT2D eigenvalue weighted by Gasteiger charge is 2.10. The Morgan fingerprint density at radius 3 is 2.19 bits per heavy atom. The van der Waals surface area contributed by atoms with E-state index in [9.17, 15) is 0 Å². The van der Waals surface area contributed by atoms with Crippen LogP contribution in [0.15, 0.2) is 30.5 Å². The van der Waals surface area contributed by atoms with Gasteiger partial charge in [-0.05, 0) is 18.2 Å². The third-order valence-corrected chi connectivity index (χ3v) is 3.05. The van der Waals surface area contributed by atoms with E-state index >= 15 is 0 Å². The zero-order chi connectivity index (χ0) is 11.7. The van der Waals surface area contributed by atoms with Crippen molar-refractivity contribution in [2.24, 2.45) is 0 Å². The van der Waals surface area contributed by atoms with E-state index in [0.29, 0.717) is 20.6 Å². The molecule has 1 aromatic carbocycles. The van der Waals surface area contributed by atoms with Crippen molar-refractivity contribution in [2.75, 3.05) is 5.73 Å². The molecule has 2 aromatic rings. The summed E-state index contributed by atoms with van der Waals surface area (Å²) in [5, 5.41) is 1.48. The van der Waals surface area contributed by atoms with Gasteiger partial charge in [0, 0.05) is 27.4 Å². The second-order valence-corrected chi connectivity index (χ2v) is 4.41. The van der Waals surface area contributed by atoms with Crippen LogP contribution >= 0.6 is 34.8 Å². The zero-order valence-corrected chi connectivity index (χ0v) is 10.3. The number of hydrogen-bond acceptors (Lipinski definition) is 2. The van der Waals surface area contributed by atoms with Crippen molar-refractivity contribution >= 4 is 40.6 Å². The van der Waals surface area contributed by atoms with Crippen molar-refractivity contribution in [3.63, 3.8) is 0 Å². The monoisotopic (exact) mass is 272 g/mol. The molecule has 0 bridgehead atoms. The fourth-order valence-corrected chi connectivity index (χ4v) is 2.14. The van der Waals surface area contributed by atoms with Gasteiger partial charge in [0.1, 0.15) is 5.82 Å². The van der Waals surface area contributed by atoms with Crippen molar-refractivity contribution < 1.29 is 0 Å². The number of nitrogen functional groups attached to an aromatic ring is 1. The molecule has 0 aliphatic heterocycles. The average molecular weight is 274 g/mol. The molecule has 16 heavy (non-hydrogen) atoms. The van der Waals surface area contributed by atoms with E-state index in [1.807, 2.05) is 0 Å². The Kier molecular flexibility index (Phi) is 3.24. The van der Waals surface area contributed by atoms with Gasteiger partial charge in [-0.2, -0.15) is 0 Å². The van der Waals surface area contributed by atoms with Gasteiger partial charge in [-0.3, -0.25) is 0 Å². The summed E-state index contributed by atoms with van der Waals surface area (Å²) >= 11 is 18.0. The molecule has 0 saturated heterocycles. The Labute approximate surface area is 108 Å². The number of hydrogen-bond donors (Lipinski definition) is 1. The van der Waals surface area contributed by atoms with Gasteiger partial charge < -0.3 is 5.73 Å². The lowest BCUT2D eigenvalue weighted by Crippen LogP contribution is -1.92. The molecule has 1 aromatic heterocycles. The third-order valence-electron chi connectivity index (χ3n) is 2.12. The largest absolute Gasteiger partial charge is 0.382 e. The van der Waals surface area contributed by atoms with Crippen LogP contribution in [0, 0.1) is 0 Å². The molecule has 0 atom stereocenters. The van der Waals surface area contributed by atoms with Gasteiger partial charge in [0.2, 0.25) is 0 Å². The van der Waals surface area contributed by atoms with Crippen LogP contribution in [0.4, 0.5) is 5.82 Å². The number of halogens is 3. The summed E-state index contributed by atoms with van der Waals surface area (Å²) in [6, 6.07) is 6.98. The Morgan fingerprint density at radius 2 is 1.62 bits per heavy atom. The molecule has 5 heteroatoms. The first-order valence-electron chi connectivity index (χ1n) is 4.45. The van der Waals surface area contributed by atoms with Crippen LogP contribution < -0.4 is 5.73 Å². The first kappa shape index (κ1) is 11.5. The standard InChI is InChI=1S/C11H7Cl3N2/c12-7-2-1-3-8(13)10(7)6-4-9(14)11(15)16-5-6/h1-5H,(H2,15,16). The minimum Gasteiger partial charge on any atom is -0.382 e. The lowest BCUT2D eigenvalue weighted by molar-refractivity contribution is 1.34. The smallest absolute Gasteiger partial charge is 0.142 e. The number of benzene rings is 1. The van der Waals surface area contributed by atoms with E-state index in [0.717, 1.165) is 5.56 Å². The van der Waals surface area contributed by atoms with Gasteiger partial charge in [-0.1, -0.05) is 40.9 Å². The van der Waals surface area contributed by atoms with Crippen molar-refractivity contribution in [1.29, 1.82) is 0 Å². The van der Waals surface area contributed by atoms with Crippen LogP contribution in [0.2, 0.25) is 15.1 Å². The lowest BCUT2D eigenvalue weighted by atomic mass is 10.1. The zero-order valence-electron chi connectivity index (χ0n) is 8.05. The van der Waals surface area contributed by atoms with E-state index in [2.05, 4.69) is 4.98 Å². The van der Waals surface area contributed by atoms with Crippen molar-refractivity contribution in [2.45, 2.75) is 0 Å². The highest BCUT2D eigenvalue weighted by Crippen LogP contribution is 2.35. The van der Waals surface area contributed by atoms with Gasteiger partial charge in [-0.15, -0.1) is 0 Å². The van der Waals surface area contributed by atoms with E-state index in [4.69, 9.17) is 40.5 Å².